The quantitative estimate of drug-likeness (QED) is 0.856. The van der Waals surface area contributed by atoms with E-state index in [1.54, 1.807) is 6.26 Å². The van der Waals surface area contributed by atoms with E-state index in [1.807, 2.05) is 6.07 Å². The summed E-state index contributed by atoms with van der Waals surface area (Å²) in [5, 5.41) is 0. The summed E-state index contributed by atoms with van der Waals surface area (Å²) >= 11 is 0. The predicted molar refractivity (Wildman–Crippen MR) is 68.6 cm³/mol. The second-order valence-electron chi connectivity index (χ2n) is 4.98. The summed E-state index contributed by atoms with van der Waals surface area (Å²) in [6, 6.07) is 2.63. The molecular weight excluding hydrogens is 214 g/mol. The largest absolute Gasteiger partial charge is 0.468 e. The maximum atomic E-state index is 5.68. The first-order valence-corrected chi connectivity index (χ1v) is 6.42. The first kappa shape index (κ1) is 12.6. The molecule has 0 saturated carbocycles. The van der Waals surface area contributed by atoms with Crippen LogP contribution in [-0.4, -0.2) is 42.0 Å². The molecule has 0 amide bonds. The van der Waals surface area contributed by atoms with Crippen molar-refractivity contribution in [3.8, 4) is 0 Å². The van der Waals surface area contributed by atoms with Gasteiger partial charge in [-0.05, 0) is 19.9 Å². The minimum atomic E-state index is 0.567. The summed E-state index contributed by atoms with van der Waals surface area (Å²) in [6.07, 6.45) is 1.74. The first-order chi connectivity index (χ1) is 8.20. The lowest BCUT2D eigenvalue weighted by Crippen LogP contribution is -2.48. The summed E-state index contributed by atoms with van der Waals surface area (Å²) in [5.41, 5.74) is 6.81. The Kier molecular flexibility index (Phi) is 4.20. The molecule has 0 atom stereocenters. The van der Waals surface area contributed by atoms with Gasteiger partial charge in [0.05, 0.1) is 12.8 Å². The van der Waals surface area contributed by atoms with Crippen molar-refractivity contribution in [3.63, 3.8) is 0 Å². The molecule has 4 heteroatoms. The summed E-state index contributed by atoms with van der Waals surface area (Å²) < 4.78 is 5.50. The Bertz CT molecular complexity index is 340. The molecule has 1 aromatic rings. The van der Waals surface area contributed by atoms with Crippen molar-refractivity contribution >= 4 is 0 Å². The smallest absolute Gasteiger partial charge is 0.122 e. The Morgan fingerprint density at radius 2 is 2.00 bits per heavy atom. The van der Waals surface area contributed by atoms with Gasteiger partial charge in [0, 0.05) is 44.3 Å². The predicted octanol–water partition coefficient (Wildman–Crippen LogP) is 1.26. The van der Waals surface area contributed by atoms with Crippen molar-refractivity contribution in [3.05, 3.63) is 23.7 Å². The van der Waals surface area contributed by atoms with Crippen LogP contribution in [0.4, 0.5) is 0 Å². The third-order valence-electron chi connectivity index (χ3n) is 3.56. The number of piperazine rings is 1. The van der Waals surface area contributed by atoms with Gasteiger partial charge in [-0.3, -0.25) is 9.80 Å². The Labute approximate surface area is 103 Å². The van der Waals surface area contributed by atoms with Crippen LogP contribution in [0.25, 0.3) is 0 Å². The molecule has 1 fully saturated rings. The van der Waals surface area contributed by atoms with Crippen LogP contribution in [0.15, 0.2) is 16.7 Å². The fourth-order valence-electron chi connectivity index (χ4n) is 2.33. The van der Waals surface area contributed by atoms with Crippen LogP contribution in [0.2, 0.25) is 0 Å². The lowest BCUT2D eigenvalue weighted by atomic mass is 10.2. The fraction of sp³-hybridized carbons (Fsp3) is 0.692. The van der Waals surface area contributed by atoms with Crippen LogP contribution >= 0.6 is 0 Å². The molecule has 0 radical (unpaired) electrons. The maximum absolute atomic E-state index is 5.68. The molecule has 4 nitrogen and oxygen atoms in total. The van der Waals surface area contributed by atoms with Crippen LogP contribution in [0.1, 0.15) is 25.2 Å². The lowest BCUT2D eigenvalue weighted by Gasteiger charge is -2.36. The molecule has 96 valence electrons. The average Bonchev–Trinajstić information content (AvgIpc) is 2.77. The number of hydrogen-bond donors (Lipinski definition) is 1. The molecule has 0 spiro atoms. The van der Waals surface area contributed by atoms with Crippen LogP contribution in [-0.2, 0) is 13.1 Å². The summed E-state index contributed by atoms with van der Waals surface area (Å²) in [5.74, 6) is 1.03. The highest BCUT2D eigenvalue weighted by Gasteiger charge is 2.20. The Morgan fingerprint density at radius 1 is 1.29 bits per heavy atom. The Hall–Kier alpha value is -0.840. The summed E-state index contributed by atoms with van der Waals surface area (Å²) in [4.78, 5) is 4.96. The minimum Gasteiger partial charge on any atom is -0.468 e. The minimum absolute atomic E-state index is 0.567. The number of hydrogen-bond acceptors (Lipinski definition) is 4. The van der Waals surface area contributed by atoms with E-state index in [0.717, 1.165) is 44.0 Å². The monoisotopic (exact) mass is 237 g/mol. The molecule has 0 aromatic carbocycles. The van der Waals surface area contributed by atoms with Crippen LogP contribution in [0.3, 0.4) is 0 Å². The van der Waals surface area contributed by atoms with Crippen molar-refractivity contribution < 1.29 is 4.42 Å². The van der Waals surface area contributed by atoms with Gasteiger partial charge in [0.2, 0.25) is 0 Å². The van der Waals surface area contributed by atoms with Crippen molar-refractivity contribution in [1.82, 2.24) is 9.80 Å². The highest BCUT2D eigenvalue weighted by molar-refractivity contribution is 5.16. The Morgan fingerprint density at radius 3 is 2.59 bits per heavy atom. The van der Waals surface area contributed by atoms with Crippen molar-refractivity contribution in [2.45, 2.75) is 33.0 Å². The van der Waals surface area contributed by atoms with E-state index in [0.29, 0.717) is 12.6 Å². The summed E-state index contributed by atoms with van der Waals surface area (Å²) in [7, 11) is 0. The molecule has 2 rings (SSSR count). The zero-order valence-corrected chi connectivity index (χ0v) is 10.9. The fourth-order valence-corrected chi connectivity index (χ4v) is 2.33. The van der Waals surface area contributed by atoms with Crippen molar-refractivity contribution in [2.75, 3.05) is 26.2 Å². The number of rotatable bonds is 4. The number of nitrogens with zero attached hydrogens (tertiary/aromatic N) is 2. The highest BCUT2D eigenvalue weighted by atomic mass is 16.3. The number of nitrogens with two attached hydrogens (primary N) is 1. The average molecular weight is 237 g/mol. The zero-order valence-electron chi connectivity index (χ0n) is 10.9. The van der Waals surface area contributed by atoms with Gasteiger partial charge in [0.1, 0.15) is 5.76 Å². The van der Waals surface area contributed by atoms with E-state index in [9.17, 15) is 0 Å². The van der Waals surface area contributed by atoms with E-state index in [4.69, 9.17) is 10.2 Å². The van der Waals surface area contributed by atoms with E-state index < -0.39 is 0 Å². The normalized spacial score (nSPS) is 19.1. The van der Waals surface area contributed by atoms with Gasteiger partial charge >= 0.3 is 0 Å². The van der Waals surface area contributed by atoms with Gasteiger partial charge in [-0.15, -0.1) is 0 Å². The SMILES string of the molecule is CC(C)N1CCN(Cc2occc2CN)CC1. The van der Waals surface area contributed by atoms with Gasteiger partial charge < -0.3 is 10.2 Å². The van der Waals surface area contributed by atoms with E-state index in [1.165, 1.54) is 0 Å². The summed E-state index contributed by atoms with van der Waals surface area (Å²) in [6.45, 7) is 10.5. The molecule has 1 saturated heterocycles. The topological polar surface area (TPSA) is 45.6 Å². The first-order valence-electron chi connectivity index (χ1n) is 6.42. The molecule has 2 heterocycles. The van der Waals surface area contributed by atoms with Gasteiger partial charge in [-0.2, -0.15) is 0 Å². The van der Waals surface area contributed by atoms with Crippen LogP contribution < -0.4 is 5.73 Å². The number of furan rings is 1. The third kappa shape index (κ3) is 3.09. The van der Waals surface area contributed by atoms with E-state index >= 15 is 0 Å². The van der Waals surface area contributed by atoms with Crippen LogP contribution in [0, 0.1) is 0 Å². The second kappa shape index (κ2) is 5.67. The van der Waals surface area contributed by atoms with Crippen LogP contribution in [0.5, 0.6) is 0 Å². The lowest BCUT2D eigenvalue weighted by molar-refractivity contribution is 0.0988. The van der Waals surface area contributed by atoms with Gasteiger partial charge in [0.25, 0.3) is 0 Å². The van der Waals surface area contributed by atoms with Gasteiger partial charge in [-0.25, -0.2) is 0 Å². The third-order valence-corrected chi connectivity index (χ3v) is 3.56. The molecule has 1 aromatic heterocycles. The molecule has 17 heavy (non-hydrogen) atoms. The van der Waals surface area contributed by atoms with Gasteiger partial charge in [-0.1, -0.05) is 0 Å². The van der Waals surface area contributed by atoms with E-state index in [2.05, 4.69) is 23.6 Å². The maximum Gasteiger partial charge on any atom is 0.122 e. The molecule has 1 aliphatic rings. The molecule has 0 bridgehead atoms. The molecule has 0 aliphatic carbocycles. The molecule has 2 N–H and O–H groups in total. The molecule has 1 aliphatic heterocycles. The molecule has 0 unspecified atom stereocenters. The van der Waals surface area contributed by atoms with Crippen molar-refractivity contribution in [1.29, 1.82) is 0 Å². The zero-order chi connectivity index (χ0) is 12.3. The van der Waals surface area contributed by atoms with Gasteiger partial charge in [0.15, 0.2) is 0 Å². The standard InChI is InChI=1S/C13H23N3O/c1-11(2)16-6-4-15(5-7-16)10-13-12(9-14)3-8-17-13/h3,8,11H,4-7,9-10,14H2,1-2H3. The van der Waals surface area contributed by atoms with Crippen molar-refractivity contribution in [2.24, 2.45) is 5.73 Å². The van der Waals surface area contributed by atoms with E-state index in [-0.39, 0.29) is 0 Å². The molecular formula is C13H23N3O. The second-order valence-corrected chi connectivity index (χ2v) is 4.98. The highest BCUT2D eigenvalue weighted by Crippen LogP contribution is 2.14. The Balaban J connectivity index is 1.86.